The van der Waals surface area contributed by atoms with E-state index in [4.69, 9.17) is 0 Å². The van der Waals surface area contributed by atoms with Gasteiger partial charge in [-0.2, -0.15) is 0 Å². The molecule has 1 aliphatic heterocycles. The fourth-order valence-corrected chi connectivity index (χ4v) is 2.49. The van der Waals surface area contributed by atoms with Gasteiger partial charge in [0.2, 0.25) is 0 Å². The minimum atomic E-state index is 0.897. The normalized spacial score (nSPS) is 12.9. The zero-order valence-electron chi connectivity index (χ0n) is 14.1. The molecule has 0 bridgehead atoms. The zero-order valence-corrected chi connectivity index (χ0v) is 14.1. The second-order valence-electron chi connectivity index (χ2n) is 5.64. The van der Waals surface area contributed by atoms with E-state index in [0.29, 0.717) is 0 Å². The van der Waals surface area contributed by atoms with Crippen LogP contribution in [0.3, 0.4) is 0 Å². The van der Waals surface area contributed by atoms with E-state index in [1.165, 1.54) is 16.7 Å². The Bertz CT molecular complexity index is 769. The van der Waals surface area contributed by atoms with Crippen molar-refractivity contribution in [3.63, 3.8) is 0 Å². The van der Waals surface area contributed by atoms with Crippen LogP contribution in [0.25, 0.3) is 17.2 Å². The first-order valence-corrected chi connectivity index (χ1v) is 8.44. The van der Waals surface area contributed by atoms with Gasteiger partial charge in [0.1, 0.15) is 0 Å². The highest BCUT2D eigenvalue weighted by atomic mass is 15.4. The largest absolute Gasteiger partial charge is 0.321 e. The first-order chi connectivity index (χ1) is 12.4. The van der Waals surface area contributed by atoms with Crippen LogP contribution in [0.2, 0.25) is 0 Å². The molecule has 0 unspecified atom stereocenters. The molecule has 1 aliphatic rings. The van der Waals surface area contributed by atoms with E-state index in [0.717, 1.165) is 12.2 Å². The van der Waals surface area contributed by atoms with Crippen molar-refractivity contribution in [3.8, 4) is 11.1 Å². The predicted octanol–water partition coefficient (Wildman–Crippen LogP) is 5.05. The molecule has 25 heavy (non-hydrogen) atoms. The fourth-order valence-electron chi connectivity index (χ4n) is 2.49. The lowest BCUT2D eigenvalue weighted by Crippen LogP contribution is -2.22. The summed E-state index contributed by atoms with van der Waals surface area (Å²) in [7, 11) is 0. The number of hydrogen-bond acceptors (Lipinski definition) is 2. The van der Waals surface area contributed by atoms with Crippen molar-refractivity contribution < 1.29 is 0 Å². The molecule has 3 aromatic rings. The molecular weight excluding hydrogens is 304 g/mol. The third kappa shape index (κ3) is 5.48. The summed E-state index contributed by atoms with van der Waals surface area (Å²) in [4.78, 5) is 0. The molecule has 3 aromatic carbocycles. The molecule has 0 saturated carbocycles. The highest BCUT2D eigenvalue weighted by Crippen LogP contribution is 2.17. The Morgan fingerprint density at radius 1 is 0.600 bits per heavy atom. The number of hydrazine groups is 1. The third-order valence-corrected chi connectivity index (χ3v) is 3.79. The predicted molar refractivity (Wildman–Crippen MR) is 107 cm³/mol. The summed E-state index contributed by atoms with van der Waals surface area (Å²) in [5.41, 5.74) is 11.0. The molecule has 0 fully saturated rings. The summed E-state index contributed by atoms with van der Waals surface area (Å²) < 4.78 is 0. The van der Waals surface area contributed by atoms with Crippen molar-refractivity contribution in [1.29, 1.82) is 0 Å². The van der Waals surface area contributed by atoms with E-state index < -0.39 is 0 Å². The van der Waals surface area contributed by atoms with Gasteiger partial charge < -0.3 is 5.43 Å². The molecule has 0 radical (unpaired) electrons. The van der Waals surface area contributed by atoms with Gasteiger partial charge in [0.25, 0.3) is 0 Å². The van der Waals surface area contributed by atoms with E-state index in [1.54, 1.807) is 0 Å². The van der Waals surface area contributed by atoms with Crippen LogP contribution in [0.4, 0.5) is 0 Å². The summed E-state index contributed by atoms with van der Waals surface area (Å²) in [6, 6.07) is 31.0. The van der Waals surface area contributed by atoms with Crippen LogP contribution in [0.15, 0.2) is 109 Å². The first-order valence-electron chi connectivity index (χ1n) is 8.44. The quantitative estimate of drug-likeness (QED) is 0.704. The van der Waals surface area contributed by atoms with Gasteiger partial charge in [-0.15, -0.1) is 0 Å². The molecule has 0 amide bonds. The molecule has 124 valence electrons. The van der Waals surface area contributed by atoms with Crippen LogP contribution < -0.4 is 10.9 Å². The van der Waals surface area contributed by atoms with Crippen LogP contribution in [0.5, 0.6) is 0 Å². The molecular formula is C23H22N2. The highest BCUT2D eigenvalue weighted by molar-refractivity contribution is 5.62. The summed E-state index contributed by atoms with van der Waals surface area (Å²) in [6.07, 6.45) is 6.26. The van der Waals surface area contributed by atoms with Crippen LogP contribution in [0, 0.1) is 0 Å². The maximum atomic E-state index is 3.05. The van der Waals surface area contributed by atoms with Gasteiger partial charge in [-0.1, -0.05) is 97.1 Å². The Morgan fingerprint density at radius 3 is 1.60 bits per heavy atom. The van der Waals surface area contributed by atoms with Crippen LogP contribution in [-0.4, -0.2) is 6.54 Å². The van der Waals surface area contributed by atoms with Gasteiger partial charge in [-0.25, -0.2) is 5.43 Å². The van der Waals surface area contributed by atoms with Crippen molar-refractivity contribution in [1.82, 2.24) is 10.9 Å². The first kappa shape index (κ1) is 16.7. The SMILES string of the molecule is C(=Cc1ccccc1)C1=CCNN1.c1ccc(-c2ccccc2)cc1. The molecule has 0 saturated heterocycles. The van der Waals surface area contributed by atoms with Crippen molar-refractivity contribution in [2.45, 2.75) is 0 Å². The minimum absolute atomic E-state index is 0.897. The lowest BCUT2D eigenvalue weighted by atomic mass is 10.1. The maximum Gasteiger partial charge on any atom is 0.0461 e. The van der Waals surface area contributed by atoms with E-state index in [-0.39, 0.29) is 0 Å². The third-order valence-electron chi connectivity index (χ3n) is 3.79. The van der Waals surface area contributed by atoms with Crippen LogP contribution >= 0.6 is 0 Å². The Morgan fingerprint density at radius 2 is 1.12 bits per heavy atom. The number of rotatable bonds is 3. The van der Waals surface area contributed by atoms with Gasteiger partial charge in [-0.05, 0) is 28.8 Å². The molecule has 1 heterocycles. The van der Waals surface area contributed by atoms with Gasteiger partial charge in [-0.3, -0.25) is 0 Å². The lowest BCUT2D eigenvalue weighted by Gasteiger charge is -1.98. The van der Waals surface area contributed by atoms with Gasteiger partial charge in [0.15, 0.2) is 0 Å². The summed E-state index contributed by atoms with van der Waals surface area (Å²) in [5.74, 6) is 0. The highest BCUT2D eigenvalue weighted by Gasteiger charge is 1.96. The average Bonchev–Trinajstić information content (AvgIpc) is 3.23. The average molecular weight is 326 g/mol. The van der Waals surface area contributed by atoms with Crippen molar-refractivity contribution in [2.24, 2.45) is 0 Å². The number of nitrogens with one attached hydrogen (secondary N) is 2. The Balaban J connectivity index is 0.000000146. The zero-order chi connectivity index (χ0) is 17.2. The van der Waals surface area contributed by atoms with E-state index in [2.05, 4.69) is 89.7 Å². The summed E-state index contributed by atoms with van der Waals surface area (Å²) in [6.45, 7) is 0.897. The Labute approximate surface area is 149 Å². The maximum absolute atomic E-state index is 3.05. The topological polar surface area (TPSA) is 24.1 Å². The van der Waals surface area contributed by atoms with Crippen molar-refractivity contribution >= 4 is 6.08 Å². The van der Waals surface area contributed by atoms with E-state index in [9.17, 15) is 0 Å². The Hall–Kier alpha value is -3.10. The minimum Gasteiger partial charge on any atom is -0.321 e. The van der Waals surface area contributed by atoms with E-state index in [1.807, 2.05) is 30.3 Å². The molecule has 0 spiro atoms. The van der Waals surface area contributed by atoms with Gasteiger partial charge in [0.05, 0.1) is 0 Å². The number of allylic oxidation sites excluding steroid dienone is 1. The van der Waals surface area contributed by atoms with Crippen molar-refractivity contribution in [2.75, 3.05) is 6.54 Å². The molecule has 4 rings (SSSR count). The smallest absolute Gasteiger partial charge is 0.0461 e. The monoisotopic (exact) mass is 326 g/mol. The molecule has 2 heteroatoms. The molecule has 0 aliphatic carbocycles. The second kappa shape index (κ2) is 9.26. The molecule has 0 atom stereocenters. The van der Waals surface area contributed by atoms with E-state index >= 15 is 0 Å². The molecule has 2 N–H and O–H groups in total. The summed E-state index contributed by atoms with van der Waals surface area (Å²) >= 11 is 0. The Kier molecular flexibility index (Phi) is 6.20. The number of benzene rings is 3. The number of hydrogen-bond donors (Lipinski definition) is 2. The second-order valence-corrected chi connectivity index (χ2v) is 5.64. The van der Waals surface area contributed by atoms with Crippen LogP contribution in [-0.2, 0) is 0 Å². The molecule has 2 nitrogen and oxygen atoms in total. The van der Waals surface area contributed by atoms with Crippen molar-refractivity contribution in [3.05, 3.63) is 114 Å². The van der Waals surface area contributed by atoms with Gasteiger partial charge >= 0.3 is 0 Å². The summed E-state index contributed by atoms with van der Waals surface area (Å²) in [5, 5.41) is 0. The standard InChI is InChI=1S/C12H10.C11H12N2/c1-3-7-11(8-4-1)12-9-5-2-6-10-12;1-2-4-10(5-3-1)6-7-11-8-9-12-13-11/h1-10H;1-8,12-13H,9H2. The molecule has 0 aromatic heterocycles. The van der Waals surface area contributed by atoms with Gasteiger partial charge in [0, 0.05) is 12.2 Å². The lowest BCUT2D eigenvalue weighted by molar-refractivity contribution is 0.710. The fraction of sp³-hybridized carbons (Fsp3) is 0.0435. The van der Waals surface area contributed by atoms with Crippen LogP contribution in [0.1, 0.15) is 5.56 Å².